The Kier molecular flexibility index (Phi) is 6.23. The quantitative estimate of drug-likeness (QED) is 0.679. The number of nitrogens with two attached hydrogens (primary N) is 1. The lowest BCUT2D eigenvalue weighted by molar-refractivity contribution is -0.00535. The Morgan fingerprint density at radius 3 is 2.75 bits per heavy atom. The van der Waals surface area contributed by atoms with Crippen LogP contribution in [-0.4, -0.2) is 41.9 Å². The number of fused-ring (bicyclic) bond motifs is 1. The molecule has 7 heteroatoms. The van der Waals surface area contributed by atoms with Gasteiger partial charge in [-0.1, -0.05) is 31.5 Å². The maximum atomic E-state index is 12.0. The van der Waals surface area contributed by atoms with Crippen LogP contribution in [0.2, 0.25) is 5.02 Å². The molecule has 2 aromatic rings. The van der Waals surface area contributed by atoms with Crippen LogP contribution in [0.3, 0.4) is 0 Å². The van der Waals surface area contributed by atoms with Gasteiger partial charge in [-0.25, -0.2) is 4.98 Å². The molecule has 1 aromatic heterocycles. The molecule has 0 radical (unpaired) electrons. The van der Waals surface area contributed by atoms with Crippen molar-refractivity contribution >= 4 is 23.3 Å². The normalized spacial score (nSPS) is 20.4. The number of pyridine rings is 1. The van der Waals surface area contributed by atoms with E-state index in [-0.39, 0.29) is 17.4 Å². The van der Waals surface area contributed by atoms with Crippen LogP contribution in [0, 0.1) is 0 Å². The molecule has 1 amide bonds. The summed E-state index contributed by atoms with van der Waals surface area (Å²) in [6.07, 6.45) is 3.29. The smallest absolute Gasteiger partial charge is 0.251 e. The molecule has 3 heterocycles. The highest BCUT2D eigenvalue weighted by Gasteiger charge is 2.31. The third kappa shape index (κ3) is 4.63. The lowest BCUT2D eigenvalue weighted by Gasteiger charge is -2.32. The van der Waals surface area contributed by atoms with Gasteiger partial charge in [-0.3, -0.25) is 4.79 Å². The predicted octanol–water partition coefficient (Wildman–Crippen LogP) is 3.16. The molecule has 0 bridgehead atoms. The first-order valence-electron chi connectivity index (χ1n) is 9.38. The van der Waals surface area contributed by atoms with Crippen molar-refractivity contribution in [3.63, 3.8) is 0 Å². The first-order valence-corrected chi connectivity index (χ1v) is 9.75. The molecule has 0 aliphatic carbocycles. The molecule has 1 aromatic carbocycles. The minimum Gasteiger partial charge on any atom is -0.391 e. The average Bonchev–Trinajstić information content (AvgIpc) is 2.68. The number of halogens is 1. The molecule has 0 spiro atoms. The molecule has 1 unspecified atom stereocenters. The van der Waals surface area contributed by atoms with Crippen LogP contribution in [0.25, 0.3) is 11.1 Å². The van der Waals surface area contributed by atoms with Gasteiger partial charge in [-0.2, -0.15) is 0 Å². The summed E-state index contributed by atoms with van der Waals surface area (Å²) in [5, 5.41) is 12.2. The number of carbonyl (C=O) groups is 1. The lowest BCUT2D eigenvalue weighted by Crippen LogP contribution is -2.43. The van der Waals surface area contributed by atoms with Crippen LogP contribution in [-0.2, 0) is 10.2 Å². The van der Waals surface area contributed by atoms with Gasteiger partial charge >= 0.3 is 0 Å². The van der Waals surface area contributed by atoms with E-state index in [1.54, 1.807) is 12.3 Å². The van der Waals surface area contributed by atoms with E-state index in [2.05, 4.69) is 24.1 Å². The van der Waals surface area contributed by atoms with Crippen LogP contribution >= 0.6 is 11.6 Å². The average molecular weight is 404 g/mol. The fourth-order valence-corrected chi connectivity index (χ4v) is 3.57. The molecule has 0 saturated carbocycles. The Hall–Kier alpha value is -2.15. The number of rotatable bonds is 1. The number of nitrogens with zero attached hydrogens (tertiary/aromatic N) is 1. The second kappa shape index (κ2) is 8.47. The molecule has 6 nitrogen and oxygen atoms in total. The summed E-state index contributed by atoms with van der Waals surface area (Å²) in [5.41, 5.74) is 9.13. The highest BCUT2D eigenvalue weighted by atomic mass is 35.5. The summed E-state index contributed by atoms with van der Waals surface area (Å²) >= 11 is 6.22. The SMILES string of the molecule is CC1(C)CNC(=O)c2ccc(-c3cc(N)ncc3Cl)cc21.OC1CCCOC1. The fraction of sp³-hybridized carbons (Fsp3) is 0.429. The van der Waals surface area contributed by atoms with Crippen molar-refractivity contribution in [2.24, 2.45) is 0 Å². The van der Waals surface area contributed by atoms with E-state index in [4.69, 9.17) is 27.2 Å². The number of nitrogens with one attached hydrogen (secondary N) is 1. The Morgan fingerprint density at radius 2 is 2.11 bits per heavy atom. The Labute approximate surface area is 170 Å². The van der Waals surface area contributed by atoms with Crippen LogP contribution in [0.15, 0.2) is 30.5 Å². The number of amides is 1. The van der Waals surface area contributed by atoms with Crippen LogP contribution in [0.5, 0.6) is 0 Å². The molecule has 1 saturated heterocycles. The van der Waals surface area contributed by atoms with Crippen molar-refractivity contribution in [2.75, 3.05) is 25.5 Å². The molecule has 4 N–H and O–H groups in total. The molecular formula is C21H26ClN3O3. The van der Waals surface area contributed by atoms with Gasteiger partial charge < -0.3 is 20.9 Å². The summed E-state index contributed by atoms with van der Waals surface area (Å²) < 4.78 is 4.93. The van der Waals surface area contributed by atoms with E-state index < -0.39 is 0 Å². The van der Waals surface area contributed by atoms with Gasteiger partial charge in [0.05, 0.1) is 17.7 Å². The van der Waals surface area contributed by atoms with Crippen molar-refractivity contribution in [2.45, 2.75) is 38.2 Å². The Balaban J connectivity index is 0.000000271. The van der Waals surface area contributed by atoms with E-state index in [1.165, 1.54) is 0 Å². The fourth-order valence-electron chi connectivity index (χ4n) is 3.36. The van der Waals surface area contributed by atoms with Gasteiger partial charge in [0, 0.05) is 35.9 Å². The van der Waals surface area contributed by atoms with Crippen molar-refractivity contribution in [1.29, 1.82) is 0 Å². The molecule has 4 rings (SSSR count). The van der Waals surface area contributed by atoms with E-state index in [0.717, 1.165) is 36.1 Å². The molecule has 2 aliphatic rings. The van der Waals surface area contributed by atoms with Gasteiger partial charge in [0.25, 0.3) is 5.91 Å². The van der Waals surface area contributed by atoms with Crippen LogP contribution in [0.4, 0.5) is 5.82 Å². The number of aliphatic hydroxyl groups excluding tert-OH is 1. The van der Waals surface area contributed by atoms with Gasteiger partial charge in [-0.15, -0.1) is 0 Å². The van der Waals surface area contributed by atoms with E-state index in [1.807, 2.05) is 18.2 Å². The minimum absolute atomic E-state index is 0.0313. The zero-order valence-corrected chi connectivity index (χ0v) is 16.9. The van der Waals surface area contributed by atoms with Crippen molar-refractivity contribution in [3.8, 4) is 11.1 Å². The first-order chi connectivity index (χ1) is 13.3. The molecule has 28 heavy (non-hydrogen) atoms. The summed E-state index contributed by atoms with van der Waals surface area (Å²) in [5.74, 6) is 0.389. The maximum Gasteiger partial charge on any atom is 0.251 e. The zero-order chi connectivity index (χ0) is 20.3. The summed E-state index contributed by atoms with van der Waals surface area (Å²) in [7, 11) is 0. The number of carbonyl (C=O) groups excluding carboxylic acids is 1. The molecular weight excluding hydrogens is 378 g/mol. The second-order valence-corrected chi connectivity index (χ2v) is 8.19. The van der Waals surface area contributed by atoms with Crippen LogP contribution < -0.4 is 11.1 Å². The number of aromatic nitrogens is 1. The predicted molar refractivity (Wildman–Crippen MR) is 111 cm³/mol. The molecule has 2 aliphatic heterocycles. The third-order valence-electron chi connectivity index (χ3n) is 5.01. The summed E-state index contributed by atoms with van der Waals surface area (Å²) in [6, 6.07) is 7.50. The lowest BCUT2D eigenvalue weighted by atomic mass is 9.78. The second-order valence-electron chi connectivity index (χ2n) is 7.79. The summed E-state index contributed by atoms with van der Waals surface area (Å²) in [4.78, 5) is 15.9. The Bertz CT molecular complexity index is 864. The molecule has 150 valence electrons. The maximum absolute atomic E-state index is 12.0. The van der Waals surface area contributed by atoms with Crippen molar-refractivity contribution in [3.05, 3.63) is 46.6 Å². The van der Waals surface area contributed by atoms with Crippen molar-refractivity contribution < 1.29 is 14.6 Å². The van der Waals surface area contributed by atoms with E-state index in [0.29, 0.717) is 29.6 Å². The monoisotopic (exact) mass is 403 g/mol. The van der Waals surface area contributed by atoms with E-state index in [9.17, 15) is 4.79 Å². The first kappa shape index (κ1) is 20.6. The number of aliphatic hydroxyl groups is 1. The van der Waals surface area contributed by atoms with Gasteiger partial charge in [-0.05, 0) is 42.2 Å². The summed E-state index contributed by atoms with van der Waals surface area (Å²) in [6.45, 7) is 6.21. The zero-order valence-electron chi connectivity index (χ0n) is 16.2. The van der Waals surface area contributed by atoms with Gasteiger partial charge in [0.1, 0.15) is 5.82 Å². The molecule has 1 fully saturated rings. The topological polar surface area (TPSA) is 97.5 Å². The van der Waals surface area contributed by atoms with Crippen molar-refractivity contribution in [1.82, 2.24) is 10.3 Å². The number of hydrogen-bond acceptors (Lipinski definition) is 5. The number of benzene rings is 1. The highest BCUT2D eigenvalue weighted by molar-refractivity contribution is 6.33. The van der Waals surface area contributed by atoms with Gasteiger partial charge in [0.15, 0.2) is 0 Å². The number of hydrogen-bond donors (Lipinski definition) is 3. The largest absolute Gasteiger partial charge is 0.391 e. The standard InChI is InChI=1S/C16H16ClN3O.C5H10O2/c1-16(2)8-20-15(21)10-4-3-9(5-12(10)16)11-6-14(18)19-7-13(11)17;6-5-2-1-3-7-4-5/h3-7H,8H2,1-2H3,(H2,18,19)(H,20,21);5-6H,1-4H2. The number of nitrogen functional groups attached to an aromatic ring is 1. The number of anilines is 1. The highest BCUT2D eigenvalue weighted by Crippen LogP contribution is 2.35. The Morgan fingerprint density at radius 1 is 1.32 bits per heavy atom. The van der Waals surface area contributed by atoms with Crippen LogP contribution in [0.1, 0.15) is 42.6 Å². The third-order valence-corrected chi connectivity index (χ3v) is 5.31. The number of ether oxygens (including phenoxy) is 1. The molecule has 1 atom stereocenters. The minimum atomic E-state index is -0.186. The van der Waals surface area contributed by atoms with Gasteiger partial charge in [0.2, 0.25) is 0 Å². The van der Waals surface area contributed by atoms with E-state index >= 15 is 0 Å².